The van der Waals surface area contributed by atoms with E-state index in [1.807, 2.05) is 31.2 Å². The molecule has 0 saturated carbocycles. The summed E-state index contributed by atoms with van der Waals surface area (Å²) >= 11 is 6.08. The van der Waals surface area contributed by atoms with E-state index in [1.54, 1.807) is 6.07 Å². The Morgan fingerprint density at radius 3 is 2.95 bits per heavy atom. The summed E-state index contributed by atoms with van der Waals surface area (Å²) in [6, 6.07) is 9.19. The Morgan fingerprint density at radius 2 is 2.20 bits per heavy atom. The van der Waals surface area contributed by atoms with Crippen molar-refractivity contribution in [1.29, 1.82) is 0 Å². The van der Waals surface area contributed by atoms with Gasteiger partial charge in [-0.2, -0.15) is 0 Å². The van der Waals surface area contributed by atoms with Gasteiger partial charge in [-0.15, -0.1) is 0 Å². The standard InChI is InChI=1S/C15H17ClN2O2/c1-2-5-11(19)9-17-15(20)13-8-10-6-3-4-7-12(10)14(16)18-13/h3-4,6-8,11,19H,2,5,9H2,1H3,(H,17,20). The highest BCUT2D eigenvalue weighted by Gasteiger charge is 2.12. The van der Waals surface area contributed by atoms with E-state index in [9.17, 15) is 9.90 Å². The summed E-state index contributed by atoms with van der Waals surface area (Å²) < 4.78 is 0. The highest BCUT2D eigenvalue weighted by Crippen LogP contribution is 2.22. The number of amides is 1. The van der Waals surface area contributed by atoms with Crippen molar-refractivity contribution in [1.82, 2.24) is 10.3 Å². The van der Waals surface area contributed by atoms with Crippen LogP contribution < -0.4 is 5.32 Å². The highest BCUT2D eigenvalue weighted by atomic mass is 35.5. The van der Waals surface area contributed by atoms with Crippen LogP contribution >= 0.6 is 11.6 Å². The van der Waals surface area contributed by atoms with Crippen molar-refractivity contribution in [2.45, 2.75) is 25.9 Å². The molecule has 0 fully saturated rings. The Balaban J connectivity index is 2.14. The Kier molecular flexibility index (Phi) is 4.93. The van der Waals surface area contributed by atoms with Crippen LogP contribution in [0.3, 0.4) is 0 Å². The number of rotatable bonds is 5. The number of hydrogen-bond acceptors (Lipinski definition) is 3. The number of hydrogen-bond donors (Lipinski definition) is 2. The lowest BCUT2D eigenvalue weighted by molar-refractivity contribution is 0.0905. The van der Waals surface area contributed by atoms with E-state index in [-0.39, 0.29) is 18.1 Å². The number of nitrogens with zero attached hydrogens (tertiary/aromatic N) is 1. The van der Waals surface area contributed by atoms with E-state index in [1.165, 1.54) is 0 Å². The quantitative estimate of drug-likeness (QED) is 0.833. The SMILES string of the molecule is CCCC(O)CNC(=O)c1cc2ccccc2c(Cl)n1. The van der Waals surface area contributed by atoms with Gasteiger partial charge in [0, 0.05) is 11.9 Å². The van der Waals surface area contributed by atoms with Gasteiger partial charge in [-0.1, -0.05) is 49.2 Å². The number of aromatic nitrogens is 1. The van der Waals surface area contributed by atoms with Gasteiger partial charge in [0.25, 0.3) is 5.91 Å². The number of carbonyl (C=O) groups excluding carboxylic acids is 1. The molecule has 1 heterocycles. The number of aliphatic hydroxyl groups excluding tert-OH is 1. The predicted molar refractivity (Wildman–Crippen MR) is 80.0 cm³/mol. The Bertz CT molecular complexity index is 616. The second-order valence-electron chi connectivity index (χ2n) is 4.67. The summed E-state index contributed by atoms with van der Waals surface area (Å²) in [4.78, 5) is 16.1. The van der Waals surface area contributed by atoms with Crippen LogP contribution in [0.25, 0.3) is 10.8 Å². The molecule has 0 aliphatic carbocycles. The normalized spacial score (nSPS) is 12.3. The van der Waals surface area contributed by atoms with Crippen molar-refractivity contribution >= 4 is 28.3 Å². The average molecular weight is 293 g/mol. The third-order valence-electron chi connectivity index (χ3n) is 3.05. The van der Waals surface area contributed by atoms with Crippen LogP contribution in [-0.2, 0) is 0 Å². The maximum absolute atomic E-state index is 12.0. The maximum atomic E-state index is 12.0. The number of carbonyl (C=O) groups is 1. The van der Waals surface area contributed by atoms with Gasteiger partial charge in [0.05, 0.1) is 6.10 Å². The zero-order chi connectivity index (χ0) is 14.5. The molecule has 20 heavy (non-hydrogen) atoms. The lowest BCUT2D eigenvalue weighted by Gasteiger charge is -2.11. The van der Waals surface area contributed by atoms with Crippen molar-refractivity contribution in [3.63, 3.8) is 0 Å². The van der Waals surface area contributed by atoms with Crippen molar-refractivity contribution in [2.75, 3.05) is 6.54 Å². The minimum absolute atomic E-state index is 0.221. The Hall–Kier alpha value is -1.65. The second-order valence-corrected chi connectivity index (χ2v) is 5.03. The summed E-state index contributed by atoms with van der Waals surface area (Å²) in [6.07, 6.45) is 1.00. The lowest BCUT2D eigenvalue weighted by Crippen LogP contribution is -2.32. The van der Waals surface area contributed by atoms with E-state index in [2.05, 4.69) is 10.3 Å². The van der Waals surface area contributed by atoms with E-state index >= 15 is 0 Å². The highest BCUT2D eigenvalue weighted by molar-refractivity contribution is 6.34. The van der Waals surface area contributed by atoms with Gasteiger partial charge in [-0.3, -0.25) is 4.79 Å². The third kappa shape index (κ3) is 3.46. The van der Waals surface area contributed by atoms with Crippen LogP contribution in [-0.4, -0.2) is 28.6 Å². The van der Waals surface area contributed by atoms with E-state index in [0.717, 1.165) is 17.2 Å². The summed E-state index contributed by atoms with van der Waals surface area (Å²) in [5.74, 6) is -0.326. The number of fused-ring (bicyclic) bond motifs is 1. The molecule has 0 aliphatic rings. The first-order valence-electron chi connectivity index (χ1n) is 6.63. The zero-order valence-corrected chi connectivity index (χ0v) is 12.0. The Morgan fingerprint density at radius 1 is 1.45 bits per heavy atom. The third-order valence-corrected chi connectivity index (χ3v) is 3.33. The molecule has 106 valence electrons. The van der Waals surface area contributed by atoms with Crippen LogP contribution in [0.4, 0.5) is 0 Å². The van der Waals surface area contributed by atoms with Crippen LogP contribution in [0.1, 0.15) is 30.3 Å². The van der Waals surface area contributed by atoms with Crippen LogP contribution in [0, 0.1) is 0 Å². The van der Waals surface area contributed by atoms with Gasteiger partial charge in [0.2, 0.25) is 0 Å². The first kappa shape index (κ1) is 14.8. The molecule has 0 bridgehead atoms. The molecule has 4 nitrogen and oxygen atoms in total. The molecule has 5 heteroatoms. The molecule has 1 atom stereocenters. The molecule has 1 amide bonds. The van der Waals surface area contributed by atoms with Gasteiger partial charge in [-0.25, -0.2) is 4.98 Å². The van der Waals surface area contributed by atoms with Crippen molar-refractivity contribution in [2.24, 2.45) is 0 Å². The topological polar surface area (TPSA) is 62.2 Å². The van der Waals surface area contributed by atoms with Gasteiger partial charge in [0.1, 0.15) is 10.8 Å². The second kappa shape index (κ2) is 6.68. The number of nitrogens with one attached hydrogen (secondary N) is 1. The molecule has 1 aromatic carbocycles. The van der Waals surface area contributed by atoms with E-state index in [4.69, 9.17) is 11.6 Å². The first-order chi connectivity index (χ1) is 9.61. The summed E-state index contributed by atoms with van der Waals surface area (Å²) in [5.41, 5.74) is 0.261. The summed E-state index contributed by atoms with van der Waals surface area (Å²) in [6.45, 7) is 2.20. The fourth-order valence-electron chi connectivity index (χ4n) is 2.01. The smallest absolute Gasteiger partial charge is 0.270 e. The van der Waals surface area contributed by atoms with Crippen LogP contribution in [0.2, 0.25) is 5.15 Å². The van der Waals surface area contributed by atoms with Gasteiger partial charge in [0.15, 0.2) is 0 Å². The van der Waals surface area contributed by atoms with Crippen LogP contribution in [0.5, 0.6) is 0 Å². The Labute approximate surface area is 122 Å². The predicted octanol–water partition coefficient (Wildman–Crippen LogP) is 2.78. The maximum Gasteiger partial charge on any atom is 0.270 e. The first-order valence-corrected chi connectivity index (χ1v) is 7.01. The molecule has 2 rings (SSSR count). The molecule has 0 radical (unpaired) electrons. The molecule has 2 aromatic rings. The number of aliphatic hydroxyl groups is 1. The number of benzene rings is 1. The minimum Gasteiger partial charge on any atom is -0.391 e. The summed E-state index contributed by atoms with van der Waals surface area (Å²) in [5, 5.41) is 14.3. The lowest BCUT2D eigenvalue weighted by atomic mass is 10.1. The van der Waals surface area contributed by atoms with Crippen molar-refractivity contribution < 1.29 is 9.90 Å². The van der Waals surface area contributed by atoms with E-state index < -0.39 is 6.10 Å². The van der Waals surface area contributed by atoms with Crippen molar-refractivity contribution in [3.05, 3.63) is 41.2 Å². The summed E-state index contributed by atoms with van der Waals surface area (Å²) in [7, 11) is 0. The molecular formula is C15H17ClN2O2. The van der Waals surface area contributed by atoms with E-state index in [0.29, 0.717) is 11.6 Å². The monoisotopic (exact) mass is 292 g/mol. The molecule has 0 spiro atoms. The van der Waals surface area contributed by atoms with Crippen molar-refractivity contribution in [3.8, 4) is 0 Å². The molecule has 2 N–H and O–H groups in total. The molecule has 0 aliphatic heterocycles. The van der Waals surface area contributed by atoms with Gasteiger partial charge < -0.3 is 10.4 Å². The molecule has 1 unspecified atom stereocenters. The van der Waals surface area contributed by atoms with Gasteiger partial charge >= 0.3 is 0 Å². The zero-order valence-electron chi connectivity index (χ0n) is 11.3. The van der Waals surface area contributed by atoms with Gasteiger partial charge in [-0.05, 0) is 17.9 Å². The minimum atomic E-state index is -0.528. The average Bonchev–Trinajstić information content (AvgIpc) is 2.45. The van der Waals surface area contributed by atoms with Crippen LogP contribution in [0.15, 0.2) is 30.3 Å². The number of pyridine rings is 1. The molecule has 0 saturated heterocycles. The molecule has 1 aromatic heterocycles. The fourth-order valence-corrected chi connectivity index (χ4v) is 2.27. The molecular weight excluding hydrogens is 276 g/mol. The largest absolute Gasteiger partial charge is 0.391 e. The number of halogens is 1. The fraction of sp³-hybridized carbons (Fsp3) is 0.333.